The Morgan fingerprint density at radius 2 is 0.945 bits per heavy atom. The highest BCUT2D eigenvalue weighted by Gasteiger charge is 2.44. The van der Waals surface area contributed by atoms with Gasteiger partial charge in [-0.3, -0.25) is 4.79 Å². The second kappa shape index (κ2) is 36.2. The molecule has 328 valence electrons. The van der Waals surface area contributed by atoms with E-state index in [1.165, 1.54) is 148 Å². The van der Waals surface area contributed by atoms with Crippen molar-refractivity contribution >= 4 is 5.91 Å². The van der Waals surface area contributed by atoms with Crippen LogP contribution in [0.25, 0.3) is 0 Å². The van der Waals surface area contributed by atoms with E-state index >= 15 is 0 Å². The Bertz CT molecular complexity index is 849. The number of amides is 1. The van der Waals surface area contributed by atoms with Crippen LogP contribution in [0.4, 0.5) is 0 Å². The predicted octanol–water partition coefficient (Wildman–Crippen LogP) is 8.53. The number of rotatable bonds is 39. The van der Waals surface area contributed by atoms with Crippen LogP contribution in [-0.2, 0) is 14.3 Å². The van der Waals surface area contributed by atoms with Crippen molar-refractivity contribution in [2.45, 2.75) is 268 Å². The predicted molar refractivity (Wildman–Crippen MR) is 223 cm³/mol. The van der Waals surface area contributed by atoms with E-state index in [0.717, 1.165) is 44.9 Å². The number of aliphatic hydroxyl groups is 6. The molecule has 8 atom stereocenters. The monoisotopic (exact) mass is 788 g/mol. The van der Waals surface area contributed by atoms with E-state index < -0.39 is 55.6 Å². The molecule has 1 fully saturated rings. The molecule has 10 nitrogen and oxygen atoms in total. The molecule has 1 amide bonds. The van der Waals surface area contributed by atoms with Crippen molar-refractivity contribution in [1.82, 2.24) is 5.32 Å². The van der Waals surface area contributed by atoms with Crippen LogP contribution in [0.5, 0.6) is 0 Å². The zero-order valence-electron chi connectivity index (χ0n) is 35.6. The molecule has 1 aliphatic heterocycles. The normalized spacial score (nSPS) is 21.8. The molecule has 0 aliphatic carbocycles. The first-order chi connectivity index (χ1) is 26.8. The average molecular weight is 788 g/mol. The maximum absolute atomic E-state index is 13.0. The molecule has 10 heteroatoms. The van der Waals surface area contributed by atoms with Crippen LogP contribution in [0.15, 0.2) is 0 Å². The van der Waals surface area contributed by atoms with E-state index in [-0.39, 0.29) is 18.9 Å². The van der Waals surface area contributed by atoms with Gasteiger partial charge in [-0.2, -0.15) is 0 Å². The molecule has 0 aromatic rings. The van der Waals surface area contributed by atoms with Crippen molar-refractivity contribution in [2.75, 3.05) is 13.2 Å². The Balaban J connectivity index is 2.32. The minimum absolute atomic E-state index is 0.255. The topological polar surface area (TPSA) is 169 Å². The molecule has 0 aromatic carbocycles. The molecule has 1 saturated heterocycles. The Morgan fingerprint density at radius 3 is 1.35 bits per heavy atom. The van der Waals surface area contributed by atoms with Gasteiger partial charge in [0, 0.05) is 6.42 Å². The third-order valence-corrected chi connectivity index (χ3v) is 11.6. The Hall–Kier alpha value is -0.850. The summed E-state index contributed by atoms with van der Waals surface area (Å²) in [5.41, 5.74) is 0. The van der Waals surface area contributed by atoms with Crippen LogP contribution >= 0.6 is 0 Å². The van der Waals surface area contributed by atoms with Crippen LogP contribution in [0, 0.1) is 0 Å². The maximum atomic E-state index is 13.0. The van der Waals surface area contributed by atoms with Crippen LogP contribution in [0.1, 0.15) is 219 Å². The first-order valence-electron chi connectivity index (χ1n) is 23.3. The largest absolute Gasteiger partial charge is 0.394 e. The van der Waals surface area contributed by atoms with E-state index in [0.29, 0.717) is 6.42 Å². The van der Waals surface area contributed by atoms with E-state index in [9.17, 15) is 35.4 Å². The third-order valence-electron chi connectivity index (χ3n) is 11.6. The number of nitrogens with one attached hydrogen (secondary N) is 1. The fourth-order valence-electron chi connectivity index (χ4n) is 7.73. The Labute approximate surface area is 336 Å². The van der Waals surface area contributed by atoms with Crippen molar-refractivity contribution in [3.63, 3.8) is 0 Å². The highest BCUT2D eigenvalue weighted by Crippen LogP contribution is 2.23. The van der Waals surface area contributed by atoms with E-state index in [1.54, 1.807) is 0 Å². The van der Waals surface area contributed by atoms with Crippen molar-refractivity contribution in [2.24, 2.45) is 0 Å². The highest BCUT2D eigenvalue weighted by molar-refractivity contribution is 5.76. The summed E-state index contributed by atoms with van der Waals surface area (Å²) in [5.74, 6) is -0.255. The van der Waals surface area contributed by atoms with Gasteiger partial charge in [0.25, 0.3) is 0 Å². The number of aliphatic hydroxyl groups excluding tert-OH is 6. The van der Waals surface area contributed by atoms with Crippen LogP contribution in [-0.4, -0.2) is 98.7 Å². The number of ether oxygens (including phenoxy) is 2. The average Bonchev–Trinajstić information content (AvgIpc) is 3.18. The summed E-state index contributed by atoms with van der Waals surface area (Å²) >= 11 is 0. The van der Waals surface area contributed by atoms with Crippen molar-refractivity contribution in [3.8, 4) is 0 Å². The summed E-state index contributed by atoms with van der Waals surface area (Å²) in [6, 6.07) is -0.983. The van der Waals surface area contributed by atoms with Gasteiger partial charge in [-0.25, -0.2) is 0 Å². The summed E-state index contributed by atoms with van der Waals surface area (Å²) in [6.07, 6.45) is 28.3. The third kappa shape index (κ3) is 26.7. The van der Waals surface area contributed by atoms with E-state index in [1.807, 2.05) is 0 Å². The molecule has 2 unspecified atom stereocenters. The van der Waals surface area contributed by atoms with Gasteiger partial charge in [-0.1, -0.05) is 200 Å². The lowest BCUT2D eigenvalue weighted by Gasteiger charge is -2.40. The molecular weight excluding hydrogens is 698 g/mol. The molecule has 1 aliphatic rings. The van der Waals surface area contributed by atoms with E-state index in [4.69, 9.17) is 9.47 Å². The number of hydrogen-bond donors (Lipinski definition) is 7. The molecule has 0 saturated carbocycles. The minimum atomic E-state index is -1.60. The summed E-state index contributed by atoms with van der Waals surface area (Å²) in [4.78, 5) is 13.0. The van der Waals surface area contributed by atoms with Crippen LogP contribution in [0.3, 0.4) is 0 Å². The SMILES string of the molecule is CCCCCCCCCCCCCCCCCCCCCCC(=O)N[C@@H](CO[C@@H]1O[C@H](CO)[C@H](O)C(O)C1O)[C@H](O)[C@H](O)CCCCCCCCCCCC. The Morgan fingerprint density at radius 1 is 0.564 bits per heavy atom. The highest BCUT2D eigenvalue weighted by atomic mass is 16.7. The van der Waals surface area contributed by atoms with Gasteiger partial charge < -0.3 is 45.4 Å². The molecular formula is C45H89NO9. The smallest absolute Gasteiger partial charge is 0.220 e. The lowest BCUT2D eigenvalue weighted by molar-refractivity contribution is -0.303. The summed E-state index contributed by atoms with van der Waals surface area (Å²) in [5, 5.41) is 65.0. The molecule has 0 aromatic heterocycles. The molecule has 0 radical (unpaired) electrons. The molecule has 1 rings (SSSR count). The van der Waals surface area contributed by atoms with Gasteiger partial charge in [0.15, 0.2) is 6.29 Å². The van der Waals surface area contributed by atoms with Gasteiger partial charge in [-0.05, 0) is 12.8 Å². The summed E-state index contributed by atoms with van der Waals surface area (Å²) in [7, 11) is 0. The molecule has 0 bridgehead atoms. The zero-order chi connectivity index (χ0) is 40.4. The number of hydrogen-bond acceptors (Lipinski definition) is 9. The first kappa shape index (κ1) is 52.2. The standard InChI is InChI=1S/C45H89NO9/c1-3-5-7-9-11-13-15-16-17-18-19-20-21-22-23-24-26-28-30-32-34-40(49)46-37(36-54-45-44(53)43(52)42(51)39(35-47)55-45)41(50)38(48)33-31-29-27-25-14-12-10-8-6-4-2/h37-39,41-45,47-48,50-53H,3-36H2,1-2H3,(H,46,49)/t37-,38+,39+,41-,42-,43?,44?,45+/m0/s1. The lowest BCUT2D eigenvalue weighted by atomic mass is 9.98. The molecule has 1 heterocycles. The van der Waals surface area contributed by atoms with E-state index in [2.05, 4.69) is 19.2 Å². The van der Waals surface area contributed by atoms with Gasteiger partial charge >= 0.3 is 0 Å². The summed E-state index contributed by atoms with van der Waals surface area (Å²) in [6.45, 7) is 3.60. The Kier molecular flexibility index (Phi) is 34.4. The fraction of sp³-hybridized carbons (Fsp3) is 0.978. The van der Waals surface area contributed by atoms with Crippen molar-refractivity contribution < 1.29 is 44.9 Å². The molecule has 55 heavy (non-hydrogen) atoms. The van der Waals surface area contributed by atoms with Gasteiger partial charge in [0.1, 0.15) is 30.5 Å². The summed E-state index contributed by atoms with van der Waals surface area (Å²) < 4.78 is 11.1. The zero-order valence-corrected chi connectivity index (χ0v) is 35.6. The number of unbranched alkanes of at least 4 members (excludes halogenated alkanes) is 28. The van der Waals surface area contributed by atoms with Gasteiger partial charge in [-0.15, -0.1) is 0 Å². The molecule has 7 N–H and O–H groups in total. The number of carbonyl (C=O) groups excluding carboxylic acids is 1. The van der Waals surface area contributed by atoms with Crippen molar-refractivity contribution in [1.29, 1.82) is 0 Å². The fourth-order valence-corrected chi connectivity index (χ4v) is 7.73. The minimum Gasteiger partial charge on any atom is -0.394 e. The van der Waals surface area contributed by atoms with Gasteiger partial charge in [0.2, 0.25) is 5.91 Å². The quantitative estimate of drug-likeness (QED) is 0.0302. The second-order valence-electron chi connectivity index (χ2n) is 16.7. The number of carbonyl (C=O) groups is 1. The second-order valence-corrected chi connectivity index (χ2v) is 16.7. The maximum Gasteiger partial charge on any atom is 0.220 e. The van der Waals surface area contributed by atoms with Crippen LogP contribution in [0.2, 0.25) is 0 Å². The molecule has 0 spiro atoms. The van der Waals surface area contributed by atoms with Gasteiger partial charge in [0.05, 0.1) is 25.4 Å². The first-order valence-corrected chi connectivity index (χ1v) is 23.3. The van der Waals surface area contributed by atoms with Crippen LogP contribution < -0.4 is 5.32 Å². The van der Waals surface area contributed by atoms with Crippen molar-refractivity contribution in [3.05, 3.63) is 0 Å². The lowest BCUT2D eigenvalue weighted by Crippen LogP contribution is -2.60.